The number of hydrogen-bond donors (Lipinski definition) is 1. The number of carbonyl (C=O) groups is 1. The van der Waals surface area contributed by atoms with Gasteiger partial charge in [-0.25, -0.2) is 0 Å². The van der Waals surface area contributed by atoms with Gasteiger partial charge in [-0.1, -0.05) is 30.3 Å². The zero-order chi connectivity index (χ0) is 15.9. The first-order valence-corrected chi connectivity index (χ1v) is 8.55. The Kier molecular flexibility index (Phi) is 5.86. The predicted molar refractivity (Wildman–Crippen MR) is 87.0 cm³/mol. The highest BCUT2D eigenvalue weighted by atomic mass is 32.2. The van der Waals surface area contributed by atoms with Crippen LogP contribution in [0.3, 0.4) is 0 Å². The molecule has 0 heterocycles. The van der Waals surface area contributed by atoms with Gasteiger partial charge >= 0.3 is 0 Å². The quantitative estimate of drug-likeness (QED) is 0.887. The van der Waals surface area contributed by atoms with Crippen LogP contribution in [0.25, 0.3) is 0 Å². The maximum Gasteiger partial charge on any atom is 0.254 e. The number of benzene rings is 2. The highest BCUT2D eigenvalue weighted by Crippen LogP contribution is 2.12. The first-order valence-electron chi connectivity index (χ1n) is 6.99. The van der Waals surface area contributed by atoms with Crippen molar-refractivity contribution in [3.05, 3.63) is 65.7 Å². The van der Waals surface area contributed by atoms with E-state index in [0.717, 1.165) is 5.56 Å². The van der Waals surface area contributed by atoms with Gasteiger partial charge in [0, 0.05) is 40.6 Å². The summed E-state index contributed by atoms with van der Waals surface area (Å²) < 4.78 is 11.4. The molecule has 0 aliphatic heterocycles. The Morgan fingerprint density at radius 2 is 1.73 bits per heavy atom. The molecule has 4 nitrogen and oxygen atoms in total. The average molecular weight is 317 g/mol. The molecule has 1 N–H and O–H groups in total. The molecule has 0 aromatic heterocycles. The van der Waals surface area contributed by atoms with Crippen molar-refractivity contribution in [2.45, 2.75) is 11.4 Å². The van der Waals surface area contributed by atoms with Crippen LogP contribution in [0.2, 0.25) is 0 Å². The summed E-state index contributed by atoms with van der Waals surface area (Å²) in [5.41, 5.74) is 1.54. The summed E-state index contributed by atoms with van der Waals surface area (Å²) in [6, 6.07) is 16.4. The fraction of sp³-hybridized carbons (Fsp3) is 0.235. The molecule has 22 heavy (non-hydrogen) atoms. The third kappa shape index (κ3) is 4.26. The Morgan fingerprint density at radius 3 is 2.27 bits per heavy atom. The van der Waals surface area contributed by atoms with Crippen LogP contribution >= 0.6 is 0 Å². The summed E-state index contributed by atoms with van der Waals surface area (Å²) in [5.74, 6) is -0.147. The van der Waals surface area contributed by atoms with Gasteiger partial charge in [-0.05, 0) is 29.8 Å². The third-order valence-corrected chi connectivity index (χ3v) is 4.24. The molecule has 1 atom stereocenters. The Morgan fingerprint density at radius 1 is 1.09 bits per heavy atom. The van der Waals surface area contributed by atoms with E-state index >= 15 is 0 Å². The van der Waals surface area contributed by atoms with E-state index in [1.165, 1.54) is 0 Å². The van der Waals surface area contributed by atoms with Crippen molar-refractivity contribution in [1.82, 2.24) is 4.90 Å². The van der Waals surface area contributed by atoms with Crippen LogP contribution in [0.15, 0.2) is 59.5 Å². The number of amides is 1. The Balaban J connectivity index is 2.16. The van der Waals surface area contributed by atoms with E-state index in [9.17, 15) is 14.1 Å². The normalized spacial score (nSPS) is 11.9. The molecule has 0 radical (unpaired) electrons. The van der Waals surface area contributed by atoms with E-state index in [2.05, 4.69) is 0 Å². The van der Waals surface area contributed by atoms with Crippen molar-refractivity contribution in [1.29, 1.82) is 0 Å². The molecule has 0 saturated heterocycles. The van der Waals surface area contributed by atoms with E-state index in [1.807, 2.05) is 30.3 Å². The molecule has 2 aromatic carbocycles. The van der Waals surface area contributed by atoms with Gasteiger partial charge in [0.2, 0.25) is 0 Å². The van der Waals surface area contributed by atoms with Crippen LogP contribution in [0.5, 0.6) is 0 Å². The number of hydrogen-bond acceptors (Lipinski definition) is 3. The van der Waals surface area contributed by atoms with E-state index in [0.29, 0.717) is 17.0 Å². The zero-order valence-electron chi connectivity index (χ0n) is 12.4. The van der Waals surface area contributed by atoms with E-state index in [-0.39, 0.29) is 19.1 Å². The molecule has 0 spiro atoms. The first kappa shape index (κ1) is 16.4. The second-order valence-electron chi connectivity index (χ2n) is 4.91. The maximum atomic E-state index is 12.6. The Bertz CT molecular complexity index is 641. The summed E-state index contributed by atoms with van der Waals surface area (Å²) in [6.07, 6.45) is 1.60. The number of aliphatic hydroxyl groups excluding tert-OH is 1. The first-order chi connectivity index (χ1) is 10.6. The summed E-state index contributed by atoms with van der Waals surface area (Å²) >= 11 is 0. The topological polar surface area (TPSA) is 57.6 Å². The zero-order valence-corrected chi connectivity index (χ0v) is 13.3. The van der Waals surface area contributed by atoms with Crippen LogP contribution in [-0.4, -0.2) is 39.5 Å². The van der Waals surface area contributed by atoms with Gasteiger partial charge in [0.05, 0.1) is 6.61 Å². The van der Waals surface area contributed by atoms with E-state index < -0.39 is 10.8 Å². The largest absolute Gasteiger partial charge is 0.395 e. The molecule has 0 fully saturated rings. The van der Waals surface area contributed by atoms with Gasteiger partial charge < -0.3 is 10.0 Å². The minimum Gasteiger partial charge on any atom is -0.395 e. The standard InChI is InChI=1S/C17H19NO3S/c1-22(21)16-9-7-15(8-10-16)17(20)18(11-12-19)13-14-5-3-2-4-6-14/h2-10,19H,11-13H2,1H3. The summed E-state index contributed by atoms with van der Waals surface area (Å²) in [7, 11) is -1.06. The van der Waals surface area contributed by atoms with Crippen LogP contribution in [0.1, 0.15) is 15.9 Å². The van der Waals surface area contributed by atoms with Gasteiger partial charge in [-0.3, -0.25) is 9.00 Å². The van der Waals surface area contributed by atoms with E-state index in [4.69, 9.17) is 0 Å². The van der Waals surface area contributed by atoms with Crippen molar-refractivity contribution in [3.8, 4) is 0 Å². The van der Waals surface area contributed by atoms with Gasteiger partial charge in [0.25, 0.3) is 5.91 Å². The molecule has 1 unspecified atom stereocenters. The van der Waals surface area contributed by atoms with Crippen LogP contribution in [0.4, 0.5) is 0 Å². The second kappa shape index (κ2) is 7.87. The lowest BCUT2D eigenvalue weighted by molar-refractivity contribution is 0.0708. The van der Waals surface area contributed by atoms with Crippen molar-refractivity contribution >= 4 is 16.7 Å². The molecule has 2 aromatic rings. The van der Waals surface area contributed by atoms with Gasteiger partial charge in [0.15, 0.2) is 0 Å². The molecule has 5 heteroatoms. The molecule has 0 bridgehead atoms. The average Bonchev–Trinajstić information content (AvgIpc) is 2.55. The van der Waals surface area contributed by atoms with Crippen LogP contribution in [0, 0.1) is 0 Å². The minimum absolute atomic E-state index is 0.0877. The van der Waals surface area contributed by atoms with Crippen LogP contribution in [-0.2, 0) is 17.3 Å². The smallest absolute Gasteiger partial charge is 0.254 e. The highest BCUT2D eigenvalue weighted by Gasteiger charge is 2.15. The molecule has 2 rings (SSSR count). The predicted octanol–water partition coefficient (Wildman–Crippen LogP) is 2.06. The number of rotatable bonds is 6. The van der Waals surface area contributed by atoms with Gasteiger partial charge in [0.1, 0.15) is 0 Å². The lowest BCUT2D eigenvalue weighted by Crippen LogP contribution is -2.33. The fourth-order valence-corrected chi connectivity index (χ4v) is 2.67. The molecule has 0 aliphatic rings. The Labute approximate surface area is 132 Å². The van der Waals surface area contributed by atoms with Gasteiger partial charge in [-0.15, -0.1) is 0 Å². The molecule has 0 aliphatic carbocycles. The molecule has 1 amide bonds. The number of nitrogens with zero attached hydrogens (tertiary/aromatic N) is 1. The lowest BCUT2D eigenvalue weighted by atomic mass is 10.1. The van der Waals surface area contributed by atoms with Crippen LogP contribution < -0.4 is 0 Å². The molecule has 0 saturated carbocycles. The summed E-state index contributed by atoms with van der Waals surface area (Å²) in [4.78, 5) is 14.9. The molecular formula is C17H19NO3S. The fourth-order valence-electron chi connectivity index (χ4n) is 2.15. The Hall–Kier alpha value is -1.98. The summed E-state index contributed by atoms with van der Waals surface area (Å²) in [6.45, 7) is 0.631. The van der Waals surface area contributed by atoms with Gasteiger partial charge in [-0.2, -0.15) is 0 Å². The van der Waals surface area contributed by atoms with Crippen molar-refractivity contribution in [2.24, 2.45) is 0 Å². The molecule has 116 valence electrons. The van der Waals surface area contributed by atoms with Crippen molar-refractivity contribution in [2.75, 3.05) is 19.4 Å². The third-order valence-electron chi connectivity index (χ3n) is 3.31. The minimum atomic E-state index is -1.06. The summed E-state index contributed by atoms with van der Waals surface area (Å²) in [5, 5.41) is 9.19. The maximum absolute atomic E-state index is 12.6. The molecular weight excluding hydrogens is 298 g/mol. The van der Waals surface area contributed by atoms with Crippen molar-refractivity contribution in [3.63, 3.8) is 0 Å². The number of aliphatic hydroxyl groups is 1. The monoisotopic (exact) mass is 317 g/mol. The SMILES string of the molecule is CS(=O)c1ccc(C(=O)N(CCO)Cc2ccccc2)cc1. The lowest BCUT2D eigenvalue weighted by Gasteiger charge is -2.22. The van der Waals surface area contributed by atoms with Crippen molar-refractivity contribution < 1.29 is 14.1 Å². The number of carbonyl (C=O) groups excluding carboxylic acids is 1. The highest BCUT2D eigenvalue weighted by molar-refractivity contribution is 7.84. The van der Waals surface area contributed by atoms with E-state index in [1.54, 1.807) is 35.4 Å². The second-order valence-corrected chi connectivity index (χ2v) is 6.29.